The van der Waals surface area contributed by atoms with E-state index in [0.717, 1.165) is 13.1 Å². The summed E-state index contributed by atoms with van der Waals surface area (Å²) in [5, 5.41) is 10.9. The Bertz CT molecular complexity index is 345. The molecule has 0 spiro atoms. The zero-order chi connectivity index (χ0) is 12.1. The van der Waals surface area contributed by atoms with Gasteiger partial charge in [-0.25, -0.2) is 0 Å². The van der Waals surface area contributed by atoms with E-state index in [4.69, 9.17) is 0 Å². The molecular formula is C11H19N5O. The first-order valence-electron chi connectivity index (χ1n) is 6.07. The SMILES string of the molecule is CN(CC1CCCN1)C(=O)CCn1ccnn1. The van der Waals surface area contributed by atoms with Crippen molar-refractivity contribution in [3.8, 4) is 0 Å². The summed E-state index contributed by atoms with van der Waals surface area (Å²) in [6.07, 6.45) is 6.25. The van der Waals surface area contributed by atoms with Crippen molar-refractivity contribution in [1.82, 2.24) is 25.2 Å². The van der Waals surface area contributed by atoms with E-state index >= 15 is 0 Å². The maximum atomic E-state index is 11.9. The molecule has 6 nitrogen and oxygen atoms in total. The van der Waals surface area contributed by atoms with Crippen molar-refractivity contribution < 1.29 is 4.79 Å². The molecule has 0 aliphatic carbocycles. The van der Waals surface area contributed by atoms with Gasteiger partial charge in [0.1, 0.15) is 0 Å². The normalized spacial score (nSPS) is 19.5. The van der Waals surface area contributed by atoms with Crippen LogP contribution in [0.15, 0.2) is 12.4 Å². The van der Waals surface area contributed by atoms with Gasteiger partial charge in [-0.15, -0.1) is 5.10 Å². The van der Waals surface area contributed by atoms with E-state index in [0.29, 0.717) is 19.0 Å². The van der Waals surface area contributed by atoms with Crippen LogP contribution in [0.2, 0.25) is 0 Å². The molecule has 1 saturated heterocycles. The highest BCUT2D eigenvalue weighted by Crippen LogP contribution is 2.06. The Morgan fingerprint density at radius 1 is 1.65 bits per heavy atom. The molecule has 1 N–H and O–H groups in total. The number of rotatable bonds is 5. The summed E-state index contributed by atoms with van der Waals surface area (Å²) in [6.45, 7) is 2.48. The molecule has 1 unspecified atom stereocenters. The highest BCUT2D eigenvalue weighted by atomic mass is 16.2. The number of nitrogens with one attached hydrogen (secondary N) is 1. The first-order valence-corrected chi connectivity index (χ1v) is 6.07. The van der Waals surface area contributed by atoms with E-state index in [1.54, 1.807) is 22.0 Å². The van der Waals surface area contributed by atoms with Crippen molar-refractivity contribution in [2.75, 3.05) is 20.1 Å². The summed E-state index contributed by atoms with van der Waals surface area (Å²) in [7, 11) is 1.86. The largest absolute Gasteiger partial charge is 0.344 e. The minimum atomic E-state index is 0.161. The summed E-state index contributed by atoms with van der Waals surface area (Å²) < 4.78 is 1.68. The fourth-order valence-electron chi connectivity index (χ4n) is 2.10. The van der Waals surface area contributed by atoms with Crippen molar-refractivity contribution in [2.45, 2.75) is 31.8 Å². The number of hydrogen-bond acceptors (Lipinski definition) is 4. The van der Waals surface area contributed by atoms with Crippen LogP contribution in [0.4, 0.5) is 0 Å². The van der Waals surface area contributed by atoms with Gasteiger partial charge in [0.15, 0.2) is 0 Å². The van der Waals surface area contributed by atoms with E-state index < -0.39 is 0 Å². The van der Waals surface area contributed by atoms with Gasteiger partial charge in [0.25, 0.3) is 0 Å². The Hall–Kier alpha value is -1.43. The highest BCUT2D eigenvalue weighted by Gasteiger charge is 2.18. The van der Waals surface area contributed by atoms with Gasteiger partial charge in [-0.05, 0) is 19.4 Å². The van der Waals surface area contributed by atoms with Crippen molar-refractivity contribution in [2.24, 2.45) is 0 Å². The van der Waals surface area contributed by atoms with Crippen LogP contribution >= 0.6 is 0 Å². The van der Waals surface area contributed by atoms with Crippen molar-refractivity contribution in [3.05, 3.63) is 12.4 Å². The Labute approximate surface area is 101 Å². The fraction of sp³-hybridized carbons (Fsp3) is 0.727. The molecule has 0 radical (unpaired) electrons. The Balaban J connectivity index is 1.71. The van der Waals surface area contributed by atoms with Crippen molar-refractivity contribution >= 4 is 5.91 Å². The number of likely N-dealkylation sites (N-methyl/N-ethyl adjacent to an activating group) is 1. The molecule has 2 heterocycles. The lowest BCUT2D eigenvalue weighted by molar-refractivity contribution is -0.130. The first kappa shape index (κ1) is 12.0. The third-order valence-corrected chi connectivity index (χ3v) is 3.11. The van der Waals surface area contributed by atoms with Crippen LogP contribution < -0.4 is 5.32 Å². The van der Waals surface area contributed by atoms with Crippen molar-refractivity contribution in [3.63, 3.8) is 0 Å². The zero-order valence-corrected chi connectivity index (χ0v) is 10.2. The van der Waals surface area contributed by atoms with Gasteiger partial charge in [0.2, 0.25) is 5.91 Å². The fourth-order valence-corrected chi connectivity index (χ4v) is 2.10. The molecular weight excluding hydrogens is 218 g/mol. The molecule has 94 valence electrons. The third kappa shape index (κ3) is 3.52. The van der Waals surface area contributed by atoms with Gasteiger partial charge in [-0.3, -0.25) is 9.48 Å². The lowest BCUT2D eigenvalue weighted by Crippen LogP contribution is -2.38. The summed E-state index contributed by atoms with van der Waals surface area (Å²) in [5.41, 5.74) is 0. The molecule has 1 atom stereocenters. The van der Waals surface area contributed by atoms with E-state index in [2.05, 4.69) is 15.6 Å². The highest BCUT2D eigenvalue weighted by molar-refractivity contribution is 5.75. The minimum Gasteiger partial charge on any atom is -0.344 e. The van der Waals surface area contributed by atoms with Gasteiger partial charge >= 0.3 is 0 Å². The summed E-state index contributed by atoms with van der Waals surface area (Å²) >= 11 is 0. The predicted octanol–water partition coefficient (Wildman–Crippen LogP) is -0.121. The molecule has 0 saturated carbocycles. The second-order valence-corrected chi connectivity index (χ2v) is 4.48. The Kier molecular flexibility index (Phi) is 4.08. The second-order valence-electron chi connectivity index (χ2n) is 4.48. The van der Waals surface area contributed by atoms with Crippen LogP contribution in [-0.2, 0) is 11.3 Å². The molecule has 1 fully saturated rings. The molecule has 1 aliphatic rings. The van der Waals surface area contributed by atoms with Crippen molar-refractivity contribution in [1.29, 1.82) is 0 Å². The third-order valence-electron chi connectivity index (χ3n) is 3.11. The Morgan fingerprint density at radius 2 is 2.53 bits per heavy atom. The van der Waals surface area contributed by atoms with Crippen LogP contribution in [0.1, 0.15) is 19.3 Å². The molecule has 1 amide bonds. The topological polar surface area (TPSA) is 63.1 Å². The van der Waals surface area contributed by atoms with Gasteiger partial charge in [-0.2, -0.15) is 0 Å². The van der Waals surface area contributed by atoms with Crippen LogP contribution in [0.5, 0.6) is 0 Å². The molecule has 17 heavy (non-hydrogen) atoms. The van der Waals surface area contributed by atoms with Gasteiger partial charge in [0.05, 0.1) is 12.7 Å². The molecule has 6 heteroatoms. The molecule has 0 aromatic carbocycles. The number of aryl methyl sites for hydroxylation is 1. The lowest BCUT2D eigenvalue weighted by Gasteiger charge is -2.21. The first-order chi connectivity index (χ1) is 8.25. The quantitative estimate of drug-likeness (QED) is 0.775. The number of carbonyl (C=O) groups is 1. The molecule has 1 aliphatic heterocycles. The number of nitrogens with zero attached hydrogens (tertiary/aromatic N) is 4. The standard InChI is InChI=1S/C11H19N5O/c1-15(9-10-3-2-5-12-10)11(17)4-7-16-8-6-13-14-16/h6,8,10,12H,2-5,7,9H2,1H3. The number of amides is 1. The van der Waals surface area contributed by atoms with E-state index in [9.17, 15) is 4.79 Å². The smallest absolute Gasteiger partial charge is 0.224 e. The van der Waals surface area contributed by atoms with E-state index in [1.807, 2.05) is 7.05 Å². The molecule has 1 aromatic rings. The second kappa shape index (κ2) is 5.77. The summed E-state index contributed by atoms with van der Waals surface area (Å²) in [4.78, 5) is 13.7. The van der Waals surface area contributed by atoms with E-state index in [-0.39, 0.29) is 5.91 Å². The van der Waals surface area contributed by atoms with Crippen LogP contribution in [0.3, 0.4) is 0 Å². The zero-order valence-electron chi connectivity index (χ0n) is 10.2. The molecule has 2 rings (SSSR count). The number of carbonyl (C=O) groups excluding carboxylic acids is 1. The summed E-state index contributed by atoms with van der Waals surface area (Å²) in [6, 6.07) is 0.468. The van der Waals surface area contributed by atoms with Crippen LogP contribution in [-0.4, -0.2) is 52.0 Å². The van der Waals surface area contributed by atoms with Gasteiger partial charge in [0, 0.05) is 32.3 Å². The van der Waals surface area contributed by atoms with E-state index in [1.165, 1.54) is 12.8 Å². The number of hydrogen-bond donors (Lipinski definition) is 1. The Morgan fingerprint density at radius 3 is 3.18 bits per heavy atom. The predicted molar refractivity (Wildman–Crippen MR) is 63.3 cm³/mol. The summed E-state index contributed by atoms with van der Waals surface area (Å²) in [5.74, 6) is 0.161. The van der Waals surface area contributed by atoms with Crippen LogP contribution in [0, 0.1) is 0 Å². The molecule has 0 bridgehead atoms. The maximum absolute atomic E-state index is 11.9. The lowest BCUT2D eigenvalue weighted by atomic mass is 10.2. The van der Waals surface area contributed by atoms with Gasteiger partial charge < -0.3 is 10.2 Å². The maximum Gasteiger partial charge on any atom is 0.224 e. The molecule has 1 aromatic heterocycles. The number of aromatic nitrogens is 3. The monoisotopic (exact) mass is 237 g/mol. The van der Waals surface area contributed by atoms with Crippen LogP contribution in [0.25, 0.3) is 0 Å². The average Bonchev–Trinajstić information content (AvgIpc) is 2.98. The average molecular weight is 237 g/mol. The van der Waals surface area contributed by atoms with Gasteiger partial charge in [-0.1, -0.05) is 5.21 Å². The minimum absolute atomic E-state index is 0.161.